The summed E-state index contributed by atoms with van der Waals surface area (Å²) in [5, 5.41) is 6.21. The van der Waals surface area contributed by atoms with E-state index in [1.807, 2.05) is 54.6 Å². The third kappa shape index (κ3) is 6.32. The summed E-state index contributed by atoms with van der Waals surface area (Å²) in [6.07, 6.45) is 6.04. The van der Waals surface area contributed by atoms with Gasteiger partial charge < -0.3 is 15.4 Å². The molecule has 1 aromatic heterocycles. The average Bonchev–Trinajstić information content (AvgIpc) is 2.83. The molecule has 0 spiro atoms. The molecule has 0 bridgehead atoms. The summed E-state index contributed by atoms with van der Waals surface area (Å²) in [6, 6.07) is 19.2. The number of amidine groups is 1. The van der Waals surface area contributed by atoms with Crippen LogP contribution in [0.4, 0.5) is 5.69 Å². The van der Waals surface area contributed by atoms with E-state index in [2.05, 4.69) is 47.4 Å². The largest absolute Gasteiger partial charge is 0.457 e. The number of hydrogen-bond donors (Lipinski definition) is 2. The van der Waals surface area contributed by atoms with Crippen LogP contribution in [0.2, 0.25) is 0 Å². The summed E-state index contributed by atoms with van der Waals surface area (Å²) < 4.78 is 6.04. The Bertz CT molecular complexity index is 1220. The zero-order chi connectivity index (χ0) is 24.0. The van der Waals surface area contributed by atoms with Crippen LogP contribution in [0.1, 0.15) is 44.0 Å². The first kappa shape index (κ1) is 23.2. The Morgan fingerprint density at radius 1 is 1.06 bits per heavy atom. The fourth-order valence-corrected chi connectivity index (χ4v) is 3.55. The molecule has 2 N–H and O–H groups in total. The van der Waals surface area contributed by atoms with E-state index in [1.54, 1.807) is 12.3 Å². The Balaban J connectivity index is 1.41. The first-order valence-corrected chi connectivity index (χ1v) is 11.5. The van der Waals surface area contributed by atoms with Crippen LogP contribution in [-0.4, -0.2) is 29.8 Å². The summed E-state index contributed by atoms with van der Waals surface area (Å²) >= 11 is 0. The lowest BCUT2D eigenvalue weighted by Crippen LogP contribution is -2.30. The minimum Gasteiger partial charge on any atom is -0.457 e. The molecule has 2 aromatic carbocycles. The lowest BCUT2D eigenvalue weighted by Gasteiger charge is -2.19. The number of nitrogens with zero attached hydrogens (tertiary/aromatic N) is 2. The van der Waals surface area contributed by atoms with Crippen molar-refractivity contribution in [3.8, 4) is 11.5 Å². The minimum atomic E-state index is -0.183. The molecular weight excluding hydrogens is 424 g/mol. The first-order chi connectivity index (χ1) is 16.4. The Morgan fingerprint density at radius 3 is 2.68 bits per heavy atom. The molecule has 0 radical (unpaired) electrons. The number of carbonyl (C=O) groups is 1. The van der Waals surface area contributed by atoms with Crippen molar-refractivity contribution in [2.24, 2.45) is 4.99 Å². The van der Waals surface area contributed by atoms with Gasteiger partial charge in [0.25, 0.3) is 0 Å². The van der Waals surface area contributed by atoms with Gasteiger partial charge >= 0.3 is 0 Å². The number of hydrogen-bond acceptors (Lipinski definition) is 5. The topological polar surface area (TPSA) is 75.6 Å². The molecule has 0 atom stereocenters. The van der Waals surface area contributed by atoms with Gasteiger partial charge in [-0.05, 0) is 59.4 Å². The monoisotopic (exact) mass is 454 g/mol. The minimum absolute atomic E-state index is 0.0208. The van der Waals surface area contributed by atoms with Gasteiger partial charge in [-0.3, -0.25) is 14.8 Å². The van der Waals surface area contributed by atoms with E-state index in [1.165, 1.54) is 11.6 Å². The van der Waals surface area contributed by atoms with Crippen LogP contribution in [0.3, 0.4) is 0 Å². The summed E-state index contributed by atoms with van der Waals surface area (Å²) in [5.74, 6) is 1.97. The third-order valence-corrected chi connectivity index (χ3v) is 5.39. The maximum absolute atomic E-state index is 12.5. The van der Waals surface area contributed by atoms with Crippen LogP contribution in [0.15, 0.2) is 77.9 Å². The number of amides is 1. The van der Waals surface area contributed by atoms with Crippen LogP contribution in [-0.2, 0) is 10.2 Å². The van der Waals surface area contributed by atoms with E-state index in [-0.39, 0.29) is 11.3 Å². The number of benzene rings is 2. The van der Waals surface area contributed by atoms with Gasteiger partial charge in [0, 0.05) is 37.1 Å². The van der Waals surface area contributed by atoms with Crippen LogP contribution < -0.4 is 15.4 Å². The van der Waals surface area contributed by atoms with E-state index in [0.29, 0.717) is 11.5 Å². The molecule has 3 aromatic rings. The molecule has 1 aliphatic heterocycles. The molecule has 34 heavy (non-hydrogen) atoms. The molecule has 0 saturated carbocycles. The Hall–Kier alpha value is -3.93. The highest BCUT2D eigenvalue weighted by atomic mass is 16.5. The Kier molecular flexibility index (Phi) is 7.07. The normalized spacial score (nSPS) is 13.8. The quantitative estimate of drug-likeness (QED) is 0.478. The number of nitrogens with one attached hydrogen (secondary N) is 2. The van der Waals surface area contributed by atoms with Gasteiger partial charge in [0.05, 0.1) is 0 Å². The maximum atomic E-state index is 12.5. The van der Waals surface area contributed by atoms with Crippen LogP contribution in [0, 0.1) is 0 Å². The van der Waals surface area contributed by atoms with Gasteiger partial charge in [-0.1, -0.05) is 45.0 Å². The van der Waals surface area contributed by atoms with Crippen molar-refractivity contribution in [1.82, 2.24) is 10.3 Å². The number of rotatable bonds is 6. The van der Waals surface area contributed by atoms with Crippen molar-refractivity contribution in [1.29, 1.82) is 0 Å². The lowest BCUT2D eigenvalue weighted by atomic mass is 9.87. The molecule has 2 heterocycles. The van der Waals surface area contributed by atoms with E-state index >= 15 is 0 Å². The van der Waals surface area contributed by atoms with Gasteiger partial charge in [-0.2, -0.15) is 0 Å². The number of carbonyl (C=O) groups excluding carboxylic acids is 1. The number of aliphatic imine (C=N–C) groups is 1. The number of ether oxygens (including phenoxy) is 1. The van der Waals surface area contributed by atoms with Gasteiger partial charge in [0.15, 0.2) is 0 Å². The fourth-order valence-electron chi connectivity index (χ4n) is 3.55. The maximum Gasteiger partial charge on any atom is 0.248 e. The second-order valence-electron chi connectivity index (χ2n) is 9.22. The van der Waals surface area contributed by atoms with Crippen molar-refractivity contribution >= 4 is 23.5 Å². The Morgan fingerprint density at radius 2 is 1.88 bits per heavy atom. The zero-order valence-electron chi connectivity index (χ0n) is 19.8. The standard InChI is InChI=1S/C28H30N4O2/c1-28(2,3)21-8-5-9-22(18-21)32-26(33)12-11-20-7-4-10-23(17-20)34-24-13-16-29-25(19-24)27-30-14-6-15-31-27/h4-5,7-13,16-19H,6,14-15H2,1-3H3,(H,30,31)(H,32,33). The second kappa shape index (κ2) is 10.3. The second-order valence-corrected chi connectivity index (χ2v) is 9.22. The highest BCUT2D eigenvalue weighted by Gasteiger charge is 2.14. The van der Waals surface area contributed by atoms with E-state index in [0.717, 1.165) is 42.3 Å². The number of anilines is 1. The highest BCUT2D eigenvalue weighted by molar-refractivity contribution is 6.02. The predicted octanol–water partition coefficient (Wildman–Crippen LogP) is 5.56. The van der Waals surface area contributed by atoms with Crippen molar-refractivity contribution in [2.45, 2.75) is 32.6 Å². The average molecular weight is 455 g/mol. The SMILES string of the molecule is CC(C)(C)c1cccc(NC(=O)C=Cc2cccc(Oc3ccnc(C4=NCCCN4)c3)c2)c1. The summed E-state index contributed by atoms with van der Waals surface area (Å²) in [7, 11) is 0. The summed E-state index contributed by atoms with van der Waals surface area (Å²) in [4.78, 5) is 21.3. The number of pyridine rings is 1. The summed E-state index contributed by atoms with van der Waals surface area (Å²) in [5.41, 5.74) is 3.60. The molecule has 0 saturated heterocycles. The zero-order valence-corrected chi connectivity index (χ0v) is 19.8. The lowest BCUT2D eigenvalue weighted by molar-refractivity contribution is -0.111. The third-order valence-electron chi connectivity index (χ3n) is 5.39. The fraction of sp³-hybridized carbons (Fsp3) is 0.250. The molecule has 1 aliphatic rings. The van der Waals surface area contributed by atoms with Crippen LogP contribution >= 0.6 is 0 Å². The Labute approximate surface area is 200 Å². The molecule has 1 amide bonds. The molecule has 0 fully saturated rings. The molecule has 4 rings (SSSR count). The highest BCUT2D eigenvalue weighted by Crippen LogP contribution is 2.25. The van der Waals surface area contributed by atoms with Crippen molar-refractivity contribution in [2.75, 3.05) is 18.4 Å². The smallest absolute Gasteiger partial charge is 0.248 e. The number of aromatic nitrogens is 1. The predicted molar refractivity (Wildman–Crippen MR) is 138 cm³/mol. The van der Waals surface area contributed by atoms with Gasteiger partial charge in [-0.25, -0.2) is 0 Å². The molecule has 174 valence electrons. The van der Waals surface area contributed by atoms with Gasteiger partial charge in [0.2, 0.25) is 5.91 Å². The van der Waals surface area contributed by atoms with Crippen molar-refractivity contribution in [3.63, 3.8) is 0 Å². The van der Waals surface area contributed by atoms with E-state index < -0.39 is 0 Å². The first-order valence-electron chi connectivity index (χ1n) is 11.5. The van der Waals surface area contributed by atoms with E-state index in [9.17, 15) is 4.79 Å². The molecule has 0 unspecified atom stereocenters. The molecule has 6 heteroatoms. The molecular formula is C28H30N4O2. The van der Waals surface area contributed by atoms with Crippen molar-refractivity contribution < 1.29 is 9.53 Å². The van der Waals surface area contributed by atoms with E-state index in [4.69, 9.17) is 4.74 Å². The molecule has 6 nitrogen and oxygen atoms in total. The van der Waals surface area contributed by atoms with Gasteiger partial charge in [-0.15, -0.1) is 0 Å². The molecule has 0 aliphatic carbocycles. The van der Waals surface area contributed by atoms with Crippen molar-refractivity contribution in [3.05, 3.63) is 89.8 Å². The summed E-state index contributed by atoms with van der Waals surface area (Å²) in [6.45, 7) is 8.15. The van der Waals surface area contributed by atoms with Gasteiger partial charge in [0.1, 0.15) is 23.0 Å². The van der Waals surface area contributed by atoms with Crippen LogP contribution in [0.25, 0.3) is 6.08 Å². The van der Waals surface area contributed by atoms with Crippen LogP contribution in [0.5, 0.6) is 11.5 Å².